The molecular formula is C15H25N3. The lowest BCUT2D eigenvalue weighted by Gasteiger charge is -2.14. The maximum absolute atomic E-state index is 4.61. The smallest absolute Gasteiger partial charge is 0.0522 e. The highest BCUT2D eigenvalue weighted by atomic mass is 15.3. The maximum Gasteiger partial charge on any atom is 0.0522 e. The minimum Gasteiger partial charge on any atom is -0.314 e. The Morgan fingerprint density at radius 3 is 2.67 bits per heavy atom. The minimum absolute atomic E-state index is 0.665. The SMILES string of the molecule is c1nn(C2CCCCCC2)cc1CC1CCCN1. The van der Waals surface area contributed by atoms with E-state index in [0.29, 0.717) is 12.1 Å². The molecule has 0 bridgehead atoms. The van der Waals surface area contributed by atoms with Crippen LogP contribution in [0.3, 0.4) is 0 Å². The van der Waals surface area contributed by atoms with Crippen LogP contribution in [0.5, 0.6) is 0 Å². The zero-order valence-electron chi connectivity index (χ0n) is 11.3. The van der Waals surface area contributed by atoms with Gasteiger partial charge < -0.3 is 5.32 Å². The number of nitrogens with one attached hydrogen (secondary N) is 1. The average molecular weight is 247 g/mol. The van der Waals surface area contributed by atoms with E-state index < -0.39 is 0 Å². The van der Waals surface area contributed by atoms with Crippen molar-refractivity contribution < 1.29 is 0 Å². The Hall–Kier alpha value is -0.830. The van der Waals surface area contributed by atoms with Crippen LogP contribution in [0.2, 0.25) is 0 Å². The van der Waals surface area contributed by atoms with Crippen LogP contribution in [0.15, 0.2) is 12.4 Å². The van der Waals surface area contributed by atoms with Gasteiger partial charge in [0.25, 0.3) is 0 Å². The minimum atomic E-state index is 0.665. The molecule has 0 amide bonds. The highest BCUT2D eigenvalue weighted by Gasteiger charge is 2.18. The Labute approximate surface area is 110 Å². The lowest BCUT2D eigenvalue weighted by atomic mass is 10.1. The third-order valence-corrected chi connectivity index (χ3v) is 4.50. The molecule has 1 aromatic rings. The first-order valence-electron chi connectivity index (χ1n) is 7.68. The van der Waals surface area contributed by atoms with Crippen molar-refractivity contribution in [1.29, 1.82) is 0 Å². The van der Waals surface area contributed by atoms with Crippen molar-refractivity contribution in [2.24, 2.45) is 0 Å². The van der Waals surface area contributed by atoms with Gasteiger partial charge in [-0.2, -0.15) is 5.10 Å². The van der Waals surface area contributed by atoms with Gasteiger partial charge in [-0.05, 0) is 44.2 Å². The monoisotopic (exact) mass is 247 g/mol. The van der Waals surface area contributed by atoms with E-state index in [2.05, 4.69) is 27.5 Å². The van der Waals surface area contributed by atoms with Gasteiger partial charge in [0.2, 0.25) is 0 Å². The summed E-state index contributed by atoms with van der Waals surface area (Å²) in [6.07, 6.45) is 16.4. The molecule has 3 nitrogen and oxygen atoms in total. The van der Waals surface area contributed by atoms with E-state index in [4.69, 9.17) is 0 Å². The number of hydrogen-bond acceptors (Lipinski definition) is 2. The Kier molecular flexibility index (Phi) is 3.99. The van der Waals surface area contributed by atoms with Crippen LogP contribution in [0.4, 0.5) is 0 Å². The first-order chi connectivity index (χ1) is 8.92. The van der Waals surface area contributed by atoms with E-state index in [9.17, 15) is 0 Å². The van der Waals surface area contributed by atoms with Crippen molar-refractivity contribution >= 4 is 0 Å². The van der Waals surface area contributed by atoms with Gasteiger partial charge in [-0.3, -0.25) is 4.68 Å². The second-order valence-corrected chi connectivity index (χ2v) is 5.97. The van der Waals surface area contributed by atoms with Crippen molar-refractivity contribution in [1.82, 2.24) is 15.1 Å². The summed E-state index contributed by atoms with van der Waals surface area (Å²) in [6.45, 7) is 1.20. The molecule has 3 heteroatoms. The predicted octanol–water partition coefficient (Wildman–Crippen LogP) is 3.07. The summed E-state index contributed by atoms with van der Waals surface area (Å²) in [5, 5.41) is 8.18. The molecule has 1 unspecified atom stereocenters. The standard InChI is InChI=1S/C15H25N3/c1-2-4-8-15(7-3-1)18-12-13(11-17-18)10-14-6-5-9-16-14/h11-12,14-16H,1-10H2. The summed E-state index contributed by atoms with van der Waals surface area (Å²) in [7, 11) is 0. The fourth-order valence-corrected chi connectivity index (χ4v) is 3.42. The zero-order chi connectivity index (χ0) is 12.2. The molecule has 100 valence electrons. The molecule has 1 atom stereocenters. The van der Waals surface area contributed by atoms with Crippen molar-refractivity contribution in [3.05, 3.63) is 18.0 Å². The van der Waals surface area contributed by atoms with E-state index in [1.165, 1.54) is 63.5 Å². The Bertz CT molecular complexity index is 358. The van der Waals surface area contributed by atoms with Crippen molar-refractivity contribution in [3.8, 4) is 0 Å². The summed E-state index contributed by atoms with van der Waals surface area (Å²) in [4.78, 5) is 0. The molecule has 1 saturated heterocycles. The molecule has 2 heterocycles. The normalized spacial score (nSPS) is 26.3. The molecular weight excluding hydrogens is 222 g/mol. The second kappa shape index (κ2) is 5.87. The molecule has 0 radical (unpaired) electrons. The van der Waals surface area contributed by atoms with Gasteiger partial charge in [0.15, 0.2) is 0 Å². The first-order valence-corrected chi connectivity index (χ1v) is 7.68. The molecule has 18 heavy (non-hydrogen) atoms. The van der Waals surface area contributed by atoms with Gasteiger partial charge >= 0.3 is 0 Å². The van der Waals surface area contributed by atoms with E-state index in [0.717, 1.165) is 6.42 Å². The predicted molar refractivity (Wildman–Crippen MR) is 73.7 cm³/mol. The molecule has 3 rings (SSSR count). The van der Waals surface area contributed by atoms with Crippen LogP contribution in [-0.4, -0.2) is 22.4 Å². The molecule has 2 fully saturated rings. The van der Waals surface area contributed by atoms with Crippen LogP contribution >= 0.6 is 0 Å². The fourth-order valence-electron chi connectivity index (χ4n) is 3.42. The van der Waals surface area contributed by atoms with Gasteiger partial charge in [-0.1, -0.05) is 25.7 Å². The number of hydrogen-bond donors (Lipinski definition) is 1. The first kappa shape index (κ1) is 12.2. The van der Waals surface area contributed by atoms with E-state index in [1.807, 2.05) is 0 Å². The molecule has 1 N–H and O–H groups in total. The number of nitrogens with zero attached hydrogens (tertiary/aromatic N) is 2. The topological polar surface area (TPSA) is 29.9 Å². The quantitative estimate of drug-likeness (QED) is 0.832. The van der Waals surface area contributed by atoms with Crippen LogP contribution in [0.1, 0.15) is 63.0 Å². The molecule has 1 aromatic heterocycles. The van der Waals surface area contributed by atoms with Crippen LogP contribution in [0, 0.1) is 0 Å². The maximum atomic E-state index is 4.61. The van der Waals surface area contributed by atoms with E-state index >= 15 is 0 Å². The van der Waals surface area contributed by atoms with E-state index in [1.54, 1.807) is 0 Å². The van der Waals surface area contributed by atoms with Crippen LogP contribution in [0.25, 0.3) is 0 Å². The molecule has 1 aliphatic carbocycles. The van der Waals surface area contributed by atoms with Gasteiger partial charge in [-0.15, -0.1) is 0 Å². The largest absolute Gasteiger partial charge is 0.314 e. The Morgan fingerprint density at radius 2 is 1.94 bits per heavy atom. The van der Waals surface area contributed by atoms with Gasteiger partial charge in [-0.25, -0.2) is 0 Å². The lowest BCUT2D eigenvalue weighted by Crippen LogP contribution is -2.23. The fraction of sp³-hybridized carbons (Fsp3) is 0.800. The zero-order valence-corrected chi connectivity index (χ0v) is 11.3. The summed E-state index contributed by atoms with van der Waals surface area (Å²) < 4.78 is 2.25. The number of rotatable bonds is 3. The van der Waals surface area contributed by atoms with Gasteiger partial charge in [0.1, 0.15) is 0 Å². The molecule has 1 saturated carbocycles. The van der Waals surface area contributed by atoms with Gasteiger partial charge in [0.05, 0.1) is 12.2 Å². The summed E-state index contributed by atoms with van der Waals surface area (Å²) >= 11 is 0. The third kappa shape index (κ3) is 2.94. The van der Waals surface area contributed by atoms with Crippen LogP contribution < -0.4 is 5.32 Å². The number of aromatic nitrogens is 2. The molecule has 1 aliphatic heterocycles. The summed E-state index contributed by atoms with van der Waals surface area (Å²) in [6, 6.07) is 1.36. The average Bonchev–Trinajstić information content (AvgIpc) is 2.97. The van der Waals surface area contributed by atoms with E-state index in [-0.39, 0.29) is 0 Å². The van der Waals surface area contributed by atoms with Crippen LogP contribution in [-0.2, 0) is 6.42 Å². The molecule has 0 spiro atoms. The highest BCUT2D eigenvalue weighted by molar-refractivity contribution is 5.07. The summed E-state index contributed by atoms with van der Waals surface area (Å²) in [5.74, 6) is 0. The Morgan fingerprint density at radius 1 is 1.11 bits per heavy atom. The van der Waals surface area contributed by atoms with Crippen molar-refractivity contribution in [2.75, 3.05) is 6.54 Å². The summed E-state index contributed by atoms with van der Waals surface area (Å²) in [5.41, 5.74) is 1.42. The molecule has 0 aromatic carbocycles. The molecule has 2 aliphatic rings. The van der Waals surface area contributed by atoms with Crippen molar-refractivity contribution in [3.63, 3.8) is 0 Å². The second-order valence-electron chi connectivity index (χ2n) is 5.97. The third-order valence-electron chi connectivity index (χ3n) is 4.50. The van der Waals surface area contributed by atoms with Gasteiger partial charge in [0, 0.05) is 12.2 Å². The lowest BCUT2D eigenvalue weighted by molar-refractivity contribution is 0.405. The van der Waals surface area contributed by atoms with Crippen molar-refractivity contribution in [2.45, 2.75) is 69.9 Å². The Balaban J connectivity index is 1.60. The highest BCUT2D eigenvalue weighted by Crippen LogP contribution is 2.26.